The van der Waals surface area contributed by atoms with Crippen LogP contribution in [0.5, 0.6) is 5.75 Å². The standard InChI is InChI=1S/C24H26ClNO3/c1-15-7-6-10-26(13-15)14-20-22(27)21(25)12-18-16(2)19(24(28)29-23(18)20)11-17-8-4-3-5-9-17/h3-5,8-9,12,15,27H,6-7,10-11,13-14H2,1-2H3/p+1/t15-/m0/s1. The molecule has 2 N–H and O–H groups in total. The van der Waals surface area contributed by atoms with Gasteiger partial charge in [0.25, 0.3) is 0 Å². The van der Waals surface area contributed by atoms with Gasteiger partial charge in [0.15, 0.2) is 5.58 Å². The maximum Gasteiger partial charge on any atom is 0.340 e. The van der Waals surface area contributed by atoms with Gasteiger partial charge < -0.3 is 14.4 Å². The molecule has 0 saturated carbocycles. The summed E-state index contributed by atoms with van der Waals surface area (Å²) < 4.78 is 5.79. The van der Waals surface area contributed by atoms with Crippen LogP contribution in [0.1, 0.15) is 42.0 Å². The largest absolute Gasteiger partial charge is 0.506 e. The van der Waals surface area contributed by atoms with E-state index >= 15 is 0 Å². The third-order valence-corrected chi connectivity index (χ3v) is 6.40. The molecule has 1 saturated heterocycles. The molecule has 0 radical (unpaired) electrons. The van der Waals surface area contributed by atoms with Crippen LogP contribution in [0.4, 0.5) is 0 Å². The number of nitrogens with one attached hydrogen (secondary N) is 1. The van der Waals surface area contributed by atoms with Gasteiger partial charge in [-0.3, -0.25) is 0 Å². The molecule has 4 rings (SSSR count). The van der Waals surface area contributed by atoms with E-state index < -0.39 is 0 Å². The summed E-state index contributed by atoms with van der Waals surface area (Å²) in [5.74, 6) is 0.681. The Balaban J connectivity index is 1.80. The van der Waals surface area contributed by atoms with E-state index in [2.05, 4.69) is 6.92 Å². The number of hydrogen-bond acceptors (Lipinski definition) is 3. The van der Waals surface area contributed by atoms with Crippen molar-refractivity contribution in [1.82, 2.24) is 0 Å². The third-order valence-electron chi connectivity index (χ3n) is 6.11. The second-order valence-corrected chi connectivity index (χ2v) is 8.75. The average Bonchev–Trinajstić information content (AvgIpc) is 2.71. The third kappa shape index (κ3) is 4.05. The monoisotopic (exact) mass is 412 g/mol. The number of aryl methyl sites for hydroxylation is 1. The van der Waals surface area contributed by atoms with Gasteiger partial charge in [-0.25, -0.2) is 4.79 Å². The van der Waals surface area contributed by atoms with E-state index in [1.165, 1.54) is 17.7 Å². The molecule has 0 bridgehead atoms. The summed E-state index contributed by atoms with van der Waals surface area (Å²) in [5, 5.41) is 11.8. The number of phenols is 1. The van der Waals surface area contributed by atoms with Gasteiger partial charge in [-0.05, 0) is 37.0 Å². The van der Waals surface area contributed by atoms with E-state index in [1.807, 2.05) is 37.3 Å². The van der Waals surface area contributed by atoms with Crippen molar-refractivity contribution in [3.05, 3.63) is 74.1 Å². The highest BCUT2D eigenvalue weighted by Crippen LogP contribution is 2.36. The van der Waals surface area contributed by atoms with Crippen molar-refractivity contribution in [2.45, 2.75) is 39.7 Å². The van der Waals surface area contributed by atoms with E-state index in [1.54, 1.807) is 6.07 Å². The van der Waals surface area contributed by atoms with Gasteiger partial charge in [0.1, 0.15) is 12.3 Å². The normalized spacial score (nSPS) is 19.6. The first-order valence-corrected chi connectivity index (χ1v) is 10.7. The van der Waals surface area contributed by atoms with Gasteiger partial charge >= 0.3 is 5.63 Å². The summed E-state index contributed by atoms with van der Waals surface area (Å²) in [6.45, 7) is 6.89. The second kappa shape index (κ2) is 8.21. The number of hydrogen-bond donors (Lipinski definition) is 2. The quantitative estimate of drug-likeness (QED) is 0.639. The van der Waals surface area contributed by atoms with Crippen molar-refractivity contribution in [3.63, 3.8) is 0 Å². The summed E-state index contributed by atoms with van der Waals surface area (Å²) >= 11 is 6.38. The summed E-state index contributed by atoms with van der Waals surface area (Å²) in [4.78, 5) is 14.2. The number of rotatable bonds is 4. The van der Waals surface area contributed by atoms with E-state index in [-0.39, 0.29) is 11.4 Å². The van der Waals surface area contributed by atoms with Crippen molar-refractivity contribution < 1.29 is 14.4 Å². The number of phenolic OH excluding ortho intramolecular Hbond substituents is 1. The molecule has 1 fully saturated rings. The lowest BCUT2D eigenvalue weighted by molar-refractivity contribution is -0.922. The minimum Gasteiger partial charge on any atom is -0.506 e. The lowest BCUT2D eigenvalue weighted by Crippen LogP contribution is -3.12. The summed E-state index contributed by atoms with van der Waals surface area (Å²) in [5.41, 5.74) is 3.32. The number of aromatic hydroxyl groups is 1. The molecule has 1 unspecified atom stereocenters. The number of likely N-dealkylation sites (tertiary alicyclic amines) is 1. The fraction of sp³-hybridized carbons (Fsp3) is 0.375. The number of quaternary nitrogens is 1. The number of fused-ring (bicyclic) bond motifs is 1. The second-order valence-electron chi connectivity index (χ2n) is 8.35. The summed E-state index contributed by atoms with van der Waals surface area (Å²) in [6, 6.07) is 11.6. The molecule has 0 spiro atoms. The number of piperidine rings is 1. The Kier molecular flexibility index (Phi) is 5.66. The number of benzene rings is 2. The van der Waals surface area contributed by atoms with Gasteiger partial charge in [0.05, 0.1) is 23.7 Å². The molecule has 4 nitrogen and oxygen atoms in total. The highest BCUT2D eigenvalue weighted by molar-refractivity contribution is 6.33. The molecule has 2 atom stereocenters. The topological polar surface area (TPSA) is 54.9 Å². The van der Waals surface area contributed by atoms with Crippen LogP contribution in [0.25, 0.3) is 11.0 Å². The van der Waals surface area contributed by atoms with Crippen LogP contribution < -0.4 is 10.5 Å². The lowest BCUT2D eigenvalue weighted by Gasteiger charge is -2.28. The smallest absolute Gasteiger partial charge is 0.340 e. The maximum absolute atomic E-state index is 12.9. The van der Waals surface area contributed by atoms with Gasteiger partial charge in [-0.15, -0.1) is 0 Å². The average molecular weight is 413 g/mol. The predicted molar refractivity (Wildman–Crippen MR) is 116 cm³/mol. The molecule has 1 aliphatic heterocycles. The Labute approximate surface area is 175 Å². The first-order chi connectivity index (χ1) is 13.9. The summed E-state index contributed by atoms with van der Waals surface area (Å²) in [6.07, 6.45) is 2.91. The highest BCUT2D eigenvalue weighted by atomic mass is 35.5. The fourth-order valence-corrected chi connectivity index (χ4v) is 4.74. The van der Waals surface area contributed by atoms with Crippen molar-refractivity contribution in [2.24, 2.45) is 5.92 Å². The highest BCUT2D eigenvalue weighted by Gasteiger charge is 2.25. The van der Waals surface area contributed by atoms with E-state index in [0.717, 1.165) is 29.6 Å². The van der Waals surface area contributed by atoms with Crippen LogP contribution in [0, 0.1) is 12.8 Å². The Morgan fingerprint density at radius 2 is 2.00 bits per heavy atom. The maximum atomic E-state index is 12.9. The Hall–Kier alpha value is -2.30. The van der Waals surface area contributed by atoms with Crippen LogP contribution >= 0.6 is 11.6 Å². The van der Waals surface area contributed by atoms with Crippen LogP contribution in [0.3, 0.4) is 0 Å². The fourth-order valence-electron chi connectivity index (χ4n) is 4.52. The molecule has 2 heterocycles. The van der Waals surface area contributed by atoms with Crippen molar-refractivity contribution in [3.8, 4) is 5.75 Å². The van der Waals surface area contributed by atoms with Crippen molar-refractivity contribution in [1.29, 1.82) is 0 Å². The molecule has 3 aromatic rings. The van der Waals surface area contributed by atoms with E-state index in [9.17, 15) is 9.90 Å². The van der Waals surface area contributed by atoms with Crippen LogP contribution in [-0.4, -0.2) is 18.2 Å². The summed E-state index contributed by atoms with van der Waals surface area (Å²) in [7, 11) is 0. The van der Waals surface area contributed by atoms with Gasteiger partial charge in [0, 0.05) is 23.3 Å². The van der Waals surface area contributed by atoms with Gasteiger partial charge in [0.2, 0.25) is 0 Å². The minimum atomic E-state index is -0.344. The lowest BCUT2D eigenvalue weighted by atomic mass is 9.97. The number of halogens is 1. The van der Waals surface area contributed by atoms with Crippen molar-refractivity contribution >= 4 is 22.6 Å². The molecule has 0 amide bonds. The van der Waals surface area contributed by atoms with Crippen LogP contribution in [-0.2, 0) is 13.0 Å². The first-order valence-electron chi connectivity index (χ1n) is 10.3. The minimum absolute atomic E-state index is 0.0308. The Morgan fingerprint density at radius 3 is 2.72 bits per heavy atom. The van der Waals surface area contributed by atoms with Crippen LogP contribution in [0.15, 0.2) is 45.6 Å². The zero-order valence-corrected chi connectivity index (χ0v) is 17.7. The molecule has 5 heteroatoms. The van der Waals surface area contributed by atoms with E-state index in [4.69, 9.17) is 16.0 Å². The molecule has 2 aromatic carbocycles. The van der Waals surface area contributed by atoms with Crippen LogP contribution in [0.2, 0.25) is 5.02 Å². The molecule has 1 aromatic heterocycles. The predicted octanol–water partition coefficient (Wildman–Crippen LogP) is 3.87. The Bertz CT molecular complexity index is 1090. The molecule has 29 heavy (non-hydrogen) atoms. The zero-order chi connectivity index (χ0) is 20.5. The first kappa shape index (κ1) is 20.0. The Morgan fingerprint density at radius 1 is 1.24 bits per heavy atom. The van der Waals surface area contributed by atoms with Gasteiger partial charge in [-0.2, -0.15) is 0 Å². The van der Waals surface area contributed by atoms with Gasteiger partial charge in [-0.1, -0.05) is 48.9 Å². The van der Waals surface area contributed by atoms with Crippen molar-refractivity contribution in [2.75, 3.05) is 13.1 Å². The molecular weight excluding hydrogens is 386 g/mol. The molecular formula is C24H27ClNO3+. The van der Waals surface area contributed by atoms with E-state index in [0.29, 0.717) is 40.6 Å². The molecule has 0 aliphatic carbocycles. The molecule has 1 aliphatic rings. The zero-order valence-electron chi connectivity index (χ0n) is 16.9. The SMILES string of the molecule is Cc1c(Cc2ccccc2)c(=O)oc2c(C[NH+]3CCC[C@H](C)C3)c(O)c(Cl)cc12. The molecule has 152 valence electrons.